The molecule has 1 amide bonds. The third kappa shape index (κ3) is 1.68. The molecule has 1 heterocycles. The van der Waals surface area contributed by atoms with E-state index in [1.165, 1.54) is 0 Å². The monoisotopic (exact) mass is 144 g/mol. The highest BCUT2D eigenvalue weighted by molar-refractivity contribution is 5.82. The second-order valence-corrected chi connectivity index (χ2v) is 2.55. The van der Waals surface area contributed by atoms with Gasteiger partial charge in [-0.1, -0.05) is 0 Å². The van der Waals surface area contributed by atoms with Gasteiger partial charge in [-0.2, -0.15) is 0 Å². The largest absolute Gasteiger partial charge is 0.377 e. The topological polar surface area (TPSA) is 64.3 Å². The lowest BCUT2D eigenvalue weighted by Gasteiger charge is -2.07. The average Bonchev–Trinajstić information content (AvgIpc) is 1.96. The van der Waals surface area contributed by atoms with E-state index in [2.05, 4.69) is 5.32 Å². The van der Waals surface area contributed by atoms with Crippen molar-refractivity contribution in [2.24, 2.45) is 5.73 Å². The molecule has 4 nitrogen and oxygen atoms in total. The zero-order valence-corrected chi connectivity index (χ0v) is 5.96. The highest BCUT2D eigenvalue weighted by atomic mass is 16.5. The molecular weight excluding hydrogens is 132 g/mol. The molecule has 1 saturated heterocycles. The number of nitrogens with two attached hydrogens (primary N) is 1. The first-order valence-electron chi connectivity index (χ1n) is 3.34. The van der Waals surface area contributed by atoms with Gasteiger partial charge in [0.15, 0.2) is 0 Å². The lowest BCUT2D eigenvalue weighted by Crippen LogP contribution is -2.43. The number of ether oxygens (including phenoxy) is 1. The summed E-state index contributed by atoms with van der Waals surface area (Å²) >= 11 is 0. The van der Waals surface area contributed by atoms with Gasteiger partial charge in [0.1, 0.15) is 6.04 Å². The minimum absolute atomic E-state index is 0.0843. The quantitative estimate of drug-likeness (QED) is 0.451. The van der Waals surface area contributed by atoms with Crippen LogP contribution in [0.2, 0.25) is 0 Å². The molecule has 0 bridgehead atoms. The normalized spacial score (nSPS) is 34.8. The molecular formula is C6H12N2O2. The average molecular weight is 144 g/mol. The Balaban J connectivity index is 2.49. The van der Waals surface area contributed by atoms with Crippen molar-refractivity contribution in [2.75, 3.05) is 13.2 Å². The summed E-state index contributed by atoms with van der Waals surface area (Å²) in [4.78, 5) is 10.9. The molecule has 0 aromatic carbocycles. The fourth-order valence-electron chi connectivity index (χ4n) is 0.839. The summed E-state index contributed by atoms with van der Waals surface area (Å²) in [5, 5.41) is 2.70. The second kappa shape index (κ2) is 2.98. The summed E-state index contributed by atoms with van der Waals surface area (Å²) in [7, 11) is 0. The maximum Gasteiger partial charge on any atom is 0.239 e. The molecule has 1 aliphatic rings. The van der Waals surface area contributed by atoms with Gasteiger partial charge in [-0.3, -0.25) is 4.79 Å². The van der Waals surface area contributed by atoms with Crippen molar-refractivity contribution < 1.29 is 9.53 Å². The molecule has 0 spiro atoms. The molecule has 0 radical (unpaired) electrons. The Labute approximate surface area is 59.7 Å². The molecule has 1 aliphatic heterocycles. The number of carbonyl (C=O) groups is 1. The van der Waals surface area contributed by atoms with Crippen LogP contribution in [0.25, 0.3) is 0 Å². The zero-order chi connectivity index (χ0) is 7.56. The van der Waals surface area contributed by atoms with Crippen molar-refractivity contribution in [3.05, 3.63) is 0 Å². The van der Waals surface area contributed by atoms with E-state index >= 15 is 0 Å². The van der Waals surface area contributed by atoms with E-state index in [1.807, 2.05) is 6.92 Å². The number of carbonyl (C=O) groups excluding carboxylic acids is 1. The van der Waals surface area contributed by atoms with Crippen LogP contribution in [0.5, 0.6) is 0 Å². The van der Waals surface area contributed by atoms with E-state index < -0.39 is 6.04 Å². The summed E-state index contributed by atoms with van der Waals surface area (Å²) in [6, 6.07) is -0.411. The van der Waals surface area contributed by atoms with Gasteiger partial charge in [-0.15, -0.1) is 0 Å². The van der Waals surface area contributed by atoms with E-state index in [1.54, 1.807) is 0 Å². The van der Waals surface area contributed by atoms with Crippen LogP contribution in [0.15, 0.2) is 0 Å². The van der Waals surface area contributed by atoms with Crippen LogP contribution in [0.3, 0.4) is 0 Å². The SMILES string of the molecule is CC1COCC(N)C(=O)N1. The summed E-state index contributed by atoms with van der Waals surface area (Å²) in [5.74, 6) is -0.120. The van der Waals surface area contributed by atoms with Crippen molar-refractivity contribution in [1.29, 1.82) is 0 Å². The van der Waals surface area contributed by atoms with E-state index in [0.29, 0.717) is 13.2 Å². The summed E-state index contributed by atoms with van der Waals surface area (Å²) < 4.78 is 5.08. The summed E-state index contributed by atoms with van der Waals surface area (Å²) in [6.45, 7) is 2.77. The van der Waals surface area contributed by atoms with Crippen LogP contribution < -0.4 is 11.1 Å². The predicted octanol–water partition coefficient (Wildman–Crippen LogP) is -1.15. The van der Waals surface area contributed by atoms with Gasteiger partial charge in [-0.05, 0) is 6.92 Å². The number of rotatable bonds is 0. The Bertz CT molecular complexity index is 138. The van der Waals surface area contributed by atoms with E-state index in [4.69, 9.17) is 10.5 Å². The number of nitrogens with one attached hydrogen (secondary N) is 1. The van der Waals surface area contributed by atoms with Crippen molar-refractivity contribution in [1.82, 2.24) is 5.32 Å². The van der Waals surface area contributed by atoms with Gasteiger partial charge in [-0.25, -0.2) is 0 Å². The Morgan fingerprint density at radius 3 is 3.10 bits per heavy atom. The molecule has 1 fully saturated rings. The standard InChI is InChI=1S/C6H12N2O2/c1-4-2-10-3-5(7)6(9)8-4/h4-5H,2-3,7H2,1H3,(H,8,9). The third-order valence-corrected chi connectivity index (χ3v) is 1.39. The van der Waals surface area contributed by atoms with Crippen molar-refractivity contribution >= 4 is 5.91 Å². The smallest absolute Gasteiger partial charge is 0.239 e. The maximum absolute atomic E-state index is 10.9. The molecule has 0 aliphatic carbocycles. The molecule has 10 heavy (non-hydrogen) atoms. The van der Waals surface area contributed by atoms with Crippen LogP contribution >= 0.6 is 0 Å². The van der Waals surface area contributed by atoms with Crippen LogP contribution in [0, 0.1) is 0 Å². The van der Waals surface area contributed by atoms with E-state index in [9.17, 15) is 4.79 Å². The minimum Gasteiger partial charge on any atom is -0.377 e. The second-order valence-electron chi connectivity index (χ2n) is 2.55. The first kappa shape index (κ1) is 7.50. The molecule has 58 valence electrons. The lowest BCUT2D eigenvalue weighted by molar-refractivity contribution is -0.122. The first-order chi connectivity index (χ1) is 4.70. The Kier molecular flexibility index (Phi) is 2.24. The first-order valence-corrected chi connectivity index (χ1v) is 3.34. The van der Waals surface area contributed by atoms with Gasteiger partial charge in [0, 0.05) is 6.04 Å². The van der Waals surface area contributed by atoms with Crippen LogP contribution in [-0.2, 0) is 9.53 Å². The van der Waals surface area contributed by atoms with Crippen molar-refractivity contribution in [3.63, 3.8) is 0 Å². The Morgan fingerprint density at radius 1 is 1.70 bits per heavy atom. The maximum atomic E-state index is 10.9. The molecule has 2 unspecified atom stereocenters. The molecule has 1 rings (SSSR count). The van der Waals surface area contributed by atoms with Crippen molar-refractivity contribution in [3.8, 4) is 0 Å². The minimum atomic E-state index is -0.495. The van der Waals surface area contributed by atoms with Gasteiger partial charge < -0.3 is 15.8 Å². The Hall–Kier alpha value is -0.610. The fourth-order valence-corrected chi connectivity index (χ4v) is 0.839. The van der Waals surface area contributed by atoms with E-state index in [-0.39, 0.29) is 11.9 Å². The van der Waals surface area contributed by atoms with Gasteiger partial charge in [0.05, 0.1) is 13.2 Å². The van der Waals surface area contributed by atoms with Crippen LogP contribution in [0.1, 0.15) is 6.92 Å². The van der Waals surface area contributed by atoms with Gasteiger partial charge in [0.2, 0.25) is 5.91 Å². The number of amides is 1. The highest BCUT2D eigenvalue weighted by Crippen LogP contribution is 1.93. The molecule has 3 N–H and O–H groups in total. The molecule has 0 aromatic heterocycles. The van der Waals surface area contributed by atoms with Crippen LogP contribution in [0.4, 0.5) is 0 Å². The predicted molar refractivity (Wildman–Crippen MR) is 36.4 cm³/mol. The van der Waals surface area contributed by atoms with Crippen molar-refractivity contribution in [2.45, 2.75) is 19.0 Å². The molecule has 0 saturated carbocycles. The lowest BCUT2D eigenvalue weighted by atomic mass is 10.3. The van der Waals surface area contributed by atoms with E-state index in [0.717, 1.165) is 0 Å². The Morgan fingerprint density at radius 2 is 2.40 bits per heavy atom. The number of hydrogen-bond acceptors (Lipinski definition) is 3. The zero-order valence-electron chi connectivity index (χ0n) is 5.96. The van der Waals surface area contributed by atoms with Crippen LogP contribution in [-0.4, -0.2) is 31.2 Å². The summed E-state index contributed by atoms with van der Waals surface area (Å²) in [6.07, 6.45) is 0. The van der Waals surface area contributed by atoms with Gasteiger partial charge >= 0.3 is 0 Å². The highest BCUT2D eigenvalue weighted by Gasteiger charge is 2.19. The van der Waals surface area contributed by atoms with Gasteiger partial charge in [0.25, 0.3) is 0 Å². The molecule has 0 aromatic rings. The molecule has 2 atom stereocenters. The third-order valence-electron chi connectivity index (χ3n) is 1.39. The fraction of sp³-hybridized carbons (Fsp3) is 0.833. The summed E-state index contributed by atoms with van der Waals surface area (Å²) in [5.41, 5.74) is 5.40. The molecule has 4 heteroatoms. The number of hydrogen-bond donors (Lipinski definition) is 2.